The number of nitrogens with zero attached hydrogens (tertiary/aromatic N) is 3. The van der Waals surface area contributed by atoms with Gasteiger partial charge in [0.2, 0.25) is 5.95 Å². The molecule has 1 aromatic heterocycles. The smallest absolute Gasteiger partial charge is 0.224 e. The highest BCUT2D eigenvalue weighted by Gasteiger charge is 2.05. The van der Waals surface area contributed by atoms with Gasteiger partial charge in [0.05, 0.1) is 0 Å². The second-order valence-corrected chi connectivity index (χ2v) is 4.62. The second-order valence-electron chi connectivity index (χ2n) is 4.62. The third-order valence-electron chi connectivity index (χ3n) is 3.19. The van der Waals surface area contributed by atoms with Crippen LogP contribution in [0.4, 0.5) is 5.95 Å². The van der Waals surface area contributed by atoms with E-state index in [2.05, 4.69) is 22.4 Å². The lowest BCUT2D eigenvalue weighted by molar-refractivity contribution is 0.580. The van der Waals surface area contributed by atoms with Crippen LogP contribution >= 0.6 is 0 Å². The Hall–Kier alpha value is -1.06. The summed E-state index contributed by atoms with van der Waals surface area (Å²) in [6.45, 7) is 2.26. The summed E-state index contributed by atoms with van der Waals surface area (Å²) < 4.78 is 2.04. The summed E-state index contributed by atoms with van der Waals surface area (Å²) in [5.41, 5.74) is 0. The molecule has 0 spiro atoms. The Kier molecular flexibility index (Phi) is 6.67. The zero-order valence-corrected chi connectivity index (χ0v) is 11.5. The molecule has 0 aliphatic heterocycles. The molecule has 1 rings (SSSR count). The van der Waals surface area contributed by atoms with Gasteiger partial charge in [-0.25, -0.2) is 0 Å². The van der Waals surface area contributed by atoms with Crippen LogP contribution in [0.2, 0.25) is 0 Å². The lowest BCUT2D eigenvalue weighted by Crippen LogP contribution is -2.02. The molecular formula is C13H26N4. The van der Waals surface area contributed by atoms with Gasteiger partial charge in [0.1, 0.15) is 5.82 Å². The Morgan fingerprint density at radius 3 is 2.24 bits per heavy atom. The van der Waals surface area contributed by atoms with Crippen LogP contribution < -0.4 is 5.32 Å². The van der Waals surface area contributed by atoms with E-state index >= 15 is 0 Å². The maximum absolute atomic E-state index is 4.18. The average Bonchev–Trinajstić information content (AvgIpc) is 2.69. The normalized spacial score (nSPS) is 10.8. The molecule has 0 aromatic carbocycles. The van der Waals surface area contributed by atoms with Gasteiger partial charge in [-0.05, 0) is 6.42 Å². The van der Waals surface area contributed by atoms with Crippen LogP contribution in [0.5, 0.6) is 0 Å². The zero-order chi connectivity index (χ0) is 12.5. The Morgan fingerprint density at radius 2 is 1.65 bits per heavy atom. The minimum Gasteiger partial charge on any atom is -0.357 e. The molecule has 0 aliphatic rings. The molecule has 1 aromatic rings. The molecular weight excluding hydrogens is 212 g/mol. The topological polar surface area (TPSA) is 42.7 Å². The maximum atomic E-state index is 4.18. The highest BCUT2D eigenvalue weighted by molar-refractivity contribution is 5.23. The van der Waals surface area contributed by atoms with Gasteiger partial charge in [0.25, 0.3) is 0 Å². The largest absolute Gasteiger partial charge is 0.357 e. The summed E-state index contributed by atoms with van der Waals surface area (Å²) >= 11 is 0. The van der Waals surface area contributed by atoms with Gasteiger partial charge in [-0.15, -0.1) is 10.2 Å². The average molecular weight is 238 g/mol. The van der Waals surface area contributed by atoms with Crippen LogP contribution in [0, 0.1) is 0 Å². The molecule has 17 heavy (non-hydrogen) atoms. The summed E-state index contributed by atoms with van der Waals surface area (Å²) in [5.74, 6) is 1.94. The Labute approximate surface area is 105 Å². The first-order valence-electron chi connectivity index (χ1n) is 6.85. The first-order chi connectivity index (χ1) is 8.29. The van der Waals surface area contributed by atoms with E-state index in [-0.39, 0.29) is 0 Å². The van der Waals surface area contributed by atoms with E-state index in [0.29, 0.717) is 0 Å². The third-order valence-corrected chi connectivity index (χ3v) is 3.19. The van der Waals surface area contributed by atoms with Gasteiger partial charge in [-0.1, -0.05) is 45.4 Å². The second kappa shape index (κ2) is 8.09. The van der Waals surface area contributed by atoms with Crippen LogP contribution in [0.25, 0.3) is 0 Å². The van der Waals surface area contributed by atoms with Gasteiger partial charge in [-0.2, -0.15) is 0 Å². The van der Waals surface area contributed by atoms with E-state index in [9.17, 15) is 0 Å². The molecule has 4 nitrogen and oxygen atoms in total. The number of nitrogens with one attached hydrogen (secondary N) is 1. The molecule has 1 N–H and O–H groups in total. The molecule has 4 heteroatoms. The van der Waals surface area contributed by atoms with Crippen molar-refractivity contribution in [2.45, 2.75) is 58.3 Å². The molecule has 98 valence electrons. The summed E-state index contributed by atoms with van der Waals surface area (Å²) in [5, 5.41) is 11.3. The van der Waals surface area contributed by atoms with Crippen LogP contribution in [0.15, 0.2) is 0 Å². The predicted molar refractivity (Wildman–Crippen MR) is 72.2 cm³/mol. The first-order valence-corrected chi connectivity index (χ1v) is 6.85. The summed E-state index contributed by atoms with van der Waals surface area (Å²) in [4.78, 5) is 0. The lowest BCUT2D eigenvalue weighted by atomic mass is 10.1. The van der Waals surface area contributed by atoms with E-state index in [1.165, 1.54) is 44.9 Å². The molecule has 0 amide bonds. The van der Waals surface area contributed by atoms with Crippen molar-refractivity contribution < 1.29 is 0 Å². The minimum absolute atomic E-state index is 0.850. The molecule has 0 fully saturated rings. The van der Waals surface area contributed by atoms with Crippen molar-refractivity contribution in [3.8, 4) is 0 Å². The maximum Gasteiger partial charge on any atom is 0.224 e. The number of rotatable bonds is 9. The summed E-state index contributed by atoms with van der Waals surface area (Å²) in [6.07, 6.45) is 10.4. The SMILES string of the molecule is CCCCCCCCCc1nnc(NC)n1C. The summed E-state index contributed by atoms with van der Waals surface area (Å²) in [6, 6.07) is 0. The van der Waals surface area contributed by atoms with Crippen LogP contribution in [0.1, 0.15) is 57.7 Å². The minimum atomic E-state index is 0.850. The van der Waals surface area contributed by atoms with E-state index in [0.717, 1.165) is 18.2 Å². The lowest BCUT2D eigenvalue weighted by Gasteiger charge is -2.03. The third kappa shape index (κ3) is 4.75. The number of unbranched alkanes of at least 4 members (excludes halogenated alkanes) is 6. The number of hydrogen-bond donors (Lipinski definition) is 1. The van der Waals surface area contributed by atoms with Gasteiger partial charge < -0.3 is 9.88 Å². The highest BCUT2D eigenvalue weighted by Crippen LogP contribution is 2.11. The van der Waals surface area contributed by atoms with Crippen molar-refractivity contribution in [3.63, 3.8) is 0 Å². The molecule has 0 radical (unpaired) electrons. The first kappa shape index (κ1) is 14.0. The van der Waals surface area contributed by atoms with Gasteiger partial charge in [0.15, 0.2) is 0 Å². The van der Waals surface area contributed by atoms with Crippen LogP contribution in [-0.2, 0) is 13.5 Å². The van der Waals surface area contributed by atoms with E-state index in [4.69, 9.17) is 0 Å². The van der Waals surface area contributed by atoms with Crippen molar-refractivity contribution in [1.82, 2.24) is 14.8 Å². The monoisotopic (exact) mass is 238 g/mol. The molecule has 0 unspecified atom stereocenters. The van der Waals surface area contributed by atoms with Gasteiger partial charge in [0, 0.05) is 20.5 Å². The van der Waals surface area contributed by atoms with Crippen LogP contribution in [0.3, 0.4) is 0 Å². The Balaban J connectivity index is 2.11. The van der Waals surface area contributed by atoms with Crippen molar-refractivity contribution in [3.05, 3.63) is 5.82 Å². The fourth-order valence-corrected chi connectivity index (χ4v) is 2.04. The van der Waals surface area contributed by atoms with Crippen molar-refractivity contribution >= 4 is 5.95 Å². The van der Waals surface area contributed by atoms with E-state index < -0.39 is 0 Å². The molecule has 0 saturated carbocycles. The number of aromatic nitrogens is 3. The van der Waals surface area contributed by atoms with E-state index in [1.807, 2.05) is 18.7 Å². The standard InChI is InChI=1S/C13H26N4/c1-4-5-6-7-8-9-10-11-12-15-16-13(14-2)17(12)3/h4-11H2,1-3H3,(H,14,16). The quantitative estimate of drug-likeness (QED) is 0.672. The fourth-order valence-electron chi connectivity index (χ4n) is 2.04. The van der Waals surface area contributed by atoms with Crippen molar-refractivity contribution in [1.29, 1.82) is 0 Å². The predicted octanol–water partition coefficient (Wildman–Crippen LogP) is 3.15. The van der Waals surface area contributed by atoms with Crippen molar-refractivity contribution in [2.75, 3.05) is 12.4 Å². The zero-order valence-electron chi connectivity index (χ0n) is 11.5. The Bertz CT molecular complexity index is 306. The van der Waals surface area contributed by atoms with Crippen molar-refractivity contribution in [2.24, 2.45) is 7.05 Å². The molecule has 0 aliphatic carbocycles. The van der Waals surface area contributed by atoms with Crippen LogP contribution in [-0.4, -0.2) is 21.8 Å². The number of anilines is 1. The van der Waals surface area contributed by atoms with E-state index in [1.54, 1.807) is 0 Å². The number of aryl methyl sites for hydroxylation is 1. The number of hydrogen-bond acceptors (Lipinski definition) is 3. The van der Waals surface area contributed by atoms with Gasteiger partial charge in [-0.3, -0.25) is 0 Å². The molecule has 0 atom stereocenters. The summed E-state index contributed by atoms with van der Waals surface area (Å²) in [7, 11) is 3.89. The molecule has 0 bridgehead atoms. The highest BCUT2D eigenvalue weighted by atomic mass is 15.3. The molecule has 1 heterocycles. The Morgan fingerprint density at radius 1 is 1.00 bits per heavy atom. The fraction of sp³-hybridized carbons (Fsp3) is 0.846. The van der Waals surface area contributed by atoms with Gasteiger partial charge >= 0.3 is 0 Å². The molecule has 0 saturated heterocycles.